The van der Waals surface area contributed by atoms with Crippen LogP contribution in [0.1, 0.15) is 12.0 Å². The molecular formula is C22H29ClN4O2. The first kappa shape index (κ1) is 21.3. The van der Waals surface area contributed by atoms with E-state index in [0.29, 0.717) is 25.8 Å². The van der Waals surface area contributed by atoms with Crippen LogP contribution in [0.5, 0.6) is 5.75 Å². The molecule has 1 heterocycles. The quantitative estimate of drug-likeness (QED) is 0.393. The van der Waals surface area contributed by atoms with Crippen molar-refractivity contribution < 1.29 is 9.47 Å². The van der Waals surface area contributed by atoms with Crippen molar-refractivity contribution in [3.05, 3.63) is 59.1 Å². The lowest BCUT2D eigenvalue weighted by Gasteiger charge is -2.20. The molecule has 2 aromatic carbocycles. The number of guanidine groups is 1. The molecule has 156 valence electrons. The van der Waals surface area contributed by atoms with Gasteiger partial charge in [-0.25, -0.2) is 0 Å². The SMILES string of the molecule is CN=C(NCc1ccc(OCCOC)cc1)NC1CCN(c2cccc(Cl)c2)C1. The molecule has 1 saturated heterocycles. The van der Waals surface area contributed by atoms with Crippen LogP contribution in [0.3, 0.4) is 0 Å². The van der Waals surface area contributed by atoms with Gasteiger partial charge in [-0.3, -0.25) is 4.99 Å². The Morgan fingerprint density at radius 3 is 2.76 bits per heavy atom. The Morgan fingerprint density at radius 1 is 1.21 bits per heavy atom. The zero-order chi connectivity index (χ0) is 20.5. The Bertz CT molecular complexity index is 798. The van der Waals surface area contributed by atoms with Crippen LogP contribution < -0.4 is 20.3 Å². The topological polar surface area (TPSA) is 58.1 Å². The summed E-state index contributed by atoms with van der Waals surface area (Å²) in [4.78, 5) is 6.71. The van der Waals surface area contributed by atoms with E-state index in [0.717, 1.165) is 41.9 Å². The first-order valence-corrected chi connectivity index (χ1v) is 10.2. The summed E-state index contributed by atoms with van der Waals surface area (Å²) in [5, 5.41) is 7.68. The molecule has 1 aliphatic heterocycles. The number of methoxy groups -OCH3 is 1. The maximum Gasteiger partial charge on any atom is 0.191 e. The van der Waals surface area contributed by atoms with E-state index < -0.39 is 0 Å². The highest BCUT2D eigenvalue weighted by atomic mass is 35.5. The monoisotopic (exact) mass is 416 g/mol. The summed E-state index contributed by atoms with van der Waals surface area (Å²) in [6.07, 6.45) is 1.06. The number of ether oxygens (including phenoxy) is 2. The van der Waals surface area contributed by atoms with Crippen LogP contribution in [-0.4, -0.2) is 52.5 Å². The highest BCUT2D eigenvalue weighted by molar-refractivity contribution is 6.30. The van der Waals surface area contributed by atoms with Gasteiger partial charge in [0.1, 0.15) is 12.4 Å². The standard InChI is InChI=1S/C22H29ClN4O2/c1-24-22(25-15-17-6-8-21(9-7-17)29-13-12-28-2)26-19-10-11-27(16-19)20-5-3-4-18(23)14-20/h3-9,14,19H,10-13,15-16H2,1-2H3,(H2,24,25,26). The first-order chi connectivity index (χ1) is 14.2. The van der Waals surface area contributed by atoms with Gasteiger partial charge in [-0.05, 0) is 42.3 Å². The molecule has 6 nitrogen and oxygen atoms in total. The van der Waals surface area contributed by atoms with Crippen molar-refractivity contribution in [2.45, 2.75) is 19.0 Å². The Labute approximate surface area is 177 Å². The highest BCUT2D eigenvalue weighted by Gasteiger charge is 2.23. The first-order valence-electron chi connectivity index (χ1n) is 9.86. The summed E-state index contributed by atoms with van der Waals surface area (Å²) in [6.45, 7) is 3.76. The molecule has 1 aliphatic rings. The van der Waals surface area contributed by atoms with Crippen LogP contribution in [0.2, 0.25) is 5.02 Å². The minimum Gasteiger partial charge on any atom is -0.491 e. The molecule has 2 N–H and O–H groups in total. The van der Waals surface area contributed by atoms with Crippen molar-refractivity contribution >= 4 is 23.2 Å². The number of halogens is 1. The van der Waals surface area contributed by atoms with Gasteiger partial charge in [0.15, 0.2) is 5.96 Å². The van der Waals surface area contributed by atoms with Crippen LogP contribution in [0.4, 0.5) is 5.69 Å². The molecule has 0 aromatic heterocycles. The van der Waals surface area contributed by atoms with E-state index >= 15 is 0 Å². The van der Waals surface area contributed by atoms with Crippen molar-refractivity contribution in [1.29, 1.82) is 0 Å². The Morgan fingerprint density at radius 2 is 2.03 bits per heavy atom. The molecule has 0 radical (unpaired) electrons. The zero-order valence-electron chi connectivity index (χ0n) is 17.0. The van der Waals surface area contributed by atoms with Crippen molar-refractivity contribution in [3.63, 3.8) is 0 Å². The average Bonchev–Trinajstić information content (AvgIpc) is 3.21. The summed E-state index contributed by atoms with van der Waals surface area (Å²) in [7, 11) is 3.46. The van der Waals surface area contributed by atoms with Crippen molar-refractivity contribution in [3.8, 4) is 5.75 Å². The van der Waals surface area contributed by atoms with Crippen LogP contribution in [-0.2, 0) is 11.3 Å². The molecule has 2 aromatic rings. The van der Waals surface area contributed by atoms with Crippen molar-refractivity contribution in [2.24, 2.45) is 4.99 Å². The van der Waals surface area contributed by atoms with Gasteiger partial charge in [0.2, 0.25) is 0 Å². The van der Waals surface area contributed by atoms with Gasteiger partial charge in [0.25, 0.3) is 0 Å². The summed E-state index contributed by atoms with van der Waals surface area (Å²) >= 11 is 6.12. The maximum absolute atomic E-state index is 6.12. The molecule has 29 heavy (non-hydrogen) atoms. The smallest absolute Gasteiger partial charge is 0.191 e. The number of hydrogen-bond acceptors (Lipinski definition) is 4. The van der Waals surface area contributed by atoms with E-state index in [1.807, 2.05) is 30.3 Å². The average molecular weight is 417 g/mol. The molecular weight excluding hydrogens is 388 g/mol. The van der Waals surface area contributed by atoms with Gasteiger partial charge >= 0.3 is 0 Å². The zero-order valence-corrected chi connectivity index (χ0v) is 17.8. The predicted octanol–water partition coefficient (Wildman–Crippen LogP) is 3.31. The second-order valence-electron chi connectivity index (χ2n) is 6.97. The minimum atomic E-state index is 0.344. The third-order valence-corrected chi connectivity index (χ3v) is 5.10. The summed E-state index contributed by atoms with van der Waals surface area (Å²) in [6, 6.07) is 16.4. The van der Waals surface area contributed by atoms with Gasteiger partial charge < -0.3 is 25.0 Å². The van der Waals surface area contributed by atoms with Gasteiger partial charge in [0, 0.05) is 50.5 Å². The molecule has 0 bridgehead atoms. The highest BCUT2D eigenvalue weighted by Crippen LogP contribution is 2.23. The molecule has 0 amide bonds. The fourth-order valence-electron chi connectivity index (χ4n) is 3.31. The molecule has 1 atom stereocenters. The second-order valence-corrected chi connectivity index (χ2v) is 7.40. The number of rotatable bonds is 8. The van der Waals surface area contributed by atoms with Crippen molar-refractivity contribution in [2.75, 3.05) is 45.4 Å². The van der Waals surface area contributed by atoms with Gasteiger partial charge in [-0.15, -0.1) is 0 Å². The van der Waals surface area contributed by atoms with Gasteiger partial charge in [0.05, 0.1) is 6.61 Å². The molecule has 0 saturated carbocycles. The lowest BCUT2D eigenvalue weighted by molar-refractivity contribution is 0.146. The lowest BCUT2D eigenvalue weighted by Crippen LogP contribution is -2.44. The van der Waals surface area contributed by atoms with Crippen LogP contribution >= 0.6 is 11.6 Å². The van der Waals surface area contributed by atoms with Crippen LogP contribution in [0.15, 0.2) is 53.5 Å². The Balaban J connectivity index is 1.45. The minimum absolute atomic E-state index is 0.344. The predicted molar refractivity (Wildman–Crippen MR) is 119 cm³/mol. The van der Waals surface area contributed by atoms with E-state index in [4.69, 9.17) is 21.1 Å². The maximum atomic E-state index is 6.12. The van der Waals surface area contributed by atoms with Gasteiger partial charge in [-0.1, -0.05) is 29.8 Å². The third-order valence-electron chi connectivity index (χ3n) is 4.87. The molecule has 3 rings (SSSR count). The number of benzene rings is 2. The molecule has 7 heteroatoms. The molecule has 1 fully saturated rings. The third kappa shape index (κ3) is 6.54. The largest absolute Gasteiger partial charge is 0.491 e. The lowest BCUT2D eigenvalue weighted by atomic mass is 10.2. The van der Waals surface area contributed by atoms with Crippen LogP contribution in [0.25, 0.3) is 0 Å². The molecule has 0 aliphatic carbocycles. The van der Waals surface area contributed by atoms with E-state index in [9.17, 15) is 0 Å². The summed E-state index contributed by atoms with van der Waals surface area (Å²) in [5.41, 5.74) is 2.33. The number of anilines is 1. The number of nitrogens with zero attached hydrogens (tertiary/aromatic N) is 2. The molecule has 0 spiro atoms. The number of nitrogens with one attached hydrogen (secondary N) is 2. The van der Waals surface area contributed by atoms with E-state index in [1.165, 1.54) is 5.56 Å². The summed E-state index contributed by atoms with van der Waals surface area (Å²) in [5.74, 6) is 1.66. The van der Waals surface area contributed by atoms with E-state index in [2.05, 4.69) is 38.7 Å². The fraction of sp³-hybridized carbons (Fsp3) is 0.409. The molecule has 1 unspecified atom stereocenters. The van der Waals surface area contributed by atoms with E-state index in [-0.39, 0.29) is 0 Å². The Kier molecular flexibility index (Phi) is 8.02. The van der Waals surface area contributed by atoms with Crippen LogP contribution in [0, 0.1) is 0 Å². The Hall–Kier alpha value is -2.44. The van der Waals surface area contributed by atoms with E-state index in [1.54, 1.807) is 14.2 Å². The van der Waals surface area contributed by atoms with Crippen molar-refractivity contribution in [1.82, 2.24) is 10.6 Å². The number of aliphatic imine (C=N–C) groups is 1. The van der Waals surface area contributed by atoms with Gasteiger partial charge in [-0.2, -0.15) is 0 Å². The summed E-state index contributed by atoms with van der Waals surface area (Å²) < 4.78 is 10.6. The fourth-order valence-corrected chi connectivity index (χ4v) is 3.49. The second kappa shape index (κ2) is 10.9. The number of hydrogen-bond donors (Lipinski definition) is 2. The normalized spacial score (nSPS) is 16.7.